The van der Waals surface area contributed by atoms with Crippen LogP contribution in [0.3, 0.4) is 0 Å². The molecule has 2 heterocycles. The number of hydrogen-bond donors (Lipinski definition) is 1. The lowest BCUT2D eigenvalue weighted by Crippen LogP contribution is -2.35. The largest absolute Gasteiger partial charge is 0.454 e. The number of benzene rings is 2. The molecule has 0 spiro atoms. The molecule has 5 atom stereocenters. The maximum absolute atomic E-state index is 11.3. The predicted octanol–water partition coefficient (Wildman–Crippen LogP) is 4.62. The number of ether oxygens (including phenoxy) is 2. The van der Waals surface area contributed by atoms with E-state index >= 15 is 0 Å². The Labute approximate surface area is 156 Å². The molecule has 2 saturated carbocycles. The van der Waals surface area contributed by atoms with Gasteiger partial charge in [-0.3, -0.25) is 10.1 Å². The van der Waals surface area contributed by atoms with Gasteiger partial charge in [0.15, 0.2) is 11.5 Å². The molecule has 0 aromatic heterocycles. The highest BCUT2D eigenvalue weighted by Crippen LogP contribution is 2.64. The number of nitro benzene ring substituents is 1. The van der Waals surface area contributed by atoms with Crippen molar-refractivity contribution in [3.63, 3.8) is 0 Å². The lowest BCUT2D eigenvalue weighted by molar-refractivity contribution is -0.384. The maximum Gasteiger partial charge on any atom is 0.269 e. The molecule has 0 unspecified atom stereocenters. The summed E-state index contributed by atoms with van der Waals surface area (Å²) in [5.41, 5.74) is 3.58. The van der Waals surface area contributed by atoms with E-state index < -0.39 is 0 Å². The van der Waals surface area contributed by atoms with E-state index in [1.165, 1.54) is 24.8 Å². The number of rotatable bonds is 2. The molecular formula is C21H20N2O4. The quantitative estimate of drug-likeness (QED) is 0.622. The van der Waals surface area contributed by atoms with Crippen molar-refractivity contribution >= 4 is 11.4 Å². The monoisotopic (exact) mass is 364 g/mol. The van der Waals surface area contributed by atoms with E-state index in [2.05, 4.69) is 17.4 Å². The number of hydrogen-bond acceptors (Lipinski definition) is 5. The van der Waals surface area contributed by atoms with Crippen molar-refractivity contribution in [2.24, 2.45) is 17.8 Å². The number of fused-ring (bicyclic) bond motifs is 8. The number of nitro groups is 1. The summed E-state index contributed by atoms with van der Waals surface area (Å²) in [5, 5.41) is 15.0. The van der Waals surface area contributed by atoms with Crippen molar-refractivity contribution < 1.29 is 14.4 Å². The second-order valence-electron chi connectivity index (χ2n) is 8.20. The highest BCUT2D eigenvalue weighted by molar-refractivity contribution is 5.62. The van der Waals surface area contributed by atoms with Gasteiger partial charge in [-0.2, -0.15) is 0 Å². The van der Waals surface area contributed by atoms with Gasteiger partial charge in [-0.25, -0.2) is 0 Å². The summed E-state index contributed by atoms with van der Waals surface area (Å²) in [5.74, 6) is 3.79. The molecule has 2 aromatic carbocycles. The molecule has 6 heteroatoms. The maximum atomic E-state index is 11.3. The first-order chi connectivity index (χ1) is 13.2. The third-order valence-electron chi connectivity index (χ3n) is 7.04. The third kappa shape index (κ3) is 2.13. The van der Waals surface area contributed by atoms with E-state index in [0.717, 1.165) is 22.7 Å². The minimum absolute atomic E-state index is 0.193. The number of non-ortho nitro benzene ring substituents is 1. The second kappa shape index (κ2) is 5.38. The van der Waals surface area contributed by atoms with E-state index in [-0.39, 0.29) is 23.4 Å². The van der Waals surface area contributed by atoms with Crippen LogP contribution >= 0.6 is 0 Å². The molecule has 0 radical (unpaired) electrons. The number of anilines is 1. The summed E-state index contributed by atoms with van der Waals surface area (Å²) in [7, 11) is 0. The molecule has 27 heavy (non-hydrogen) atoms. The summed E-state index contributed by atoms with van der Waals surface area (Å²) in [6.07, 6.45) is 3.74. The number of nitrogens with one attached hydrogen (secondary N) is 1. The van der Waals surface area contributed by atoms with Crippen LogP contribution in [0.5, 0.6) is 11.5 Å². The van der Waals surface area contributed by atoms with Gasteiger partial charge in [0.1, 0.15) is 0 Å². The Morgan fingerprint density at radius 2 is 1.89 bits per heavy atom. The third-order valence-corrected chi connectivity index (χ3v) is 7.04. The molecule has 2 aromatic rings. The van der Waals surface area contributed by atoms with Crippen molar-refractivity contribution in [1.29, 1.82) is 0 Å². The molecule has 4 aliphatic rings. The summed E-state index contributed by atoms with van der Waals surface area (Å²) in [4.78, 5) is 11.0. The Morgan fingerprint density at radius 3 is 2.78 bits per heavy atom. The molecule has 2 aliphatic carbocycles. The molecule has 2 fully saturated rings. The average Bonchev–Trinajstić information content (AvgIpc) is 3.42. The summed E-state index contributed by atoms with van der Waals surface area (Å²) in [6.45, 7) is 0.278. The van der Waals surface area contributed by atoms with E-state index in [0.29, 0.717) is 23.7 Å². The average molecular weight is 364 g/mol. The normalized spacial score (nSPS) is 31.9. The van der Waals surface area contributed by atoms with Gasteiger partial charge >= 0.3 is 0 Å². The first-order valence-corrected chi connectivity index (χ1v) is 9.63. The summed E-state index contributed by atoms with van der Waals surface area (Å²) >= 11 is 0. The van der Waals surface area contributed by atoms with E-state index in [1.807, 2.05) is 12.1 Å². The molecule has 1 N–H and O–H groups in total. The van der Waals surface area contributed by atoms with Gasteiger partial charge in [-0.05, 0) is 72.3 Å². The SMILES string of the molecule is O=[N+]([O-])c1ccc2c(c1)[C@@H]1[C@H]3CC[C@@H](C3)[C@@H]1[C@@H](c1ccc3c(c1)OCO3)N2. The lowest BCUT2D eigenvalue weighted by Gasteiger charge is -2.43. The fourth-order valence-electron chi connectivity index (χ4n) is 6.02. The highest BCUT2D eigenvalue weighted by atomic mass is 16.7. The first-order valence-electron chi connectivity index (χ1n) is 9.63. The van der Waals surface area contributed by atoms with Crippen LogP contribution in [0, 0.1) is 27.9 Å². The standard InChI is InChI=1S/C21H20N2O4/c24-23(25)14-4-5-16-15(9-14)19-11-1-2-12(7-11)20(19)21(22-16)13-3-6-17-18(8-13)27-10-26-17/h3-6,8-9,11-12,19-22H,1-2,7,10H2/t11-,12-,19-,20-,21+/m0/s1. The van der Waals surface area contributed by atoms with Crippen LogP contribution in [0.1, 0.15) is 42.3 Å². The fraction of sp³-hybridized carbons (Fsp3) is 0.429. The minimum Gasteiger partial charge on any atom is -0.454 e. The van der Waals surface area contributed by atoms with Crippen LogP contribution in [0.25, 0.3) is 0 Å². The Balaban J connectivity index is 1.46. The van der Waals surface area contributed by atoms with Gasteiger partial charge in [0.2, 0.25) is 6.79 Å². The molecule has 0 amide bonds. The van der Waals surface area contributed by atoms with Gasteiger partial charge in [-0.15, -0.1) is 0 Å². The Kier molecular flexibility index (Phi) is 3.05. The second-order valence-corrected chi connectivity index (χ2v) is 8.20. The zero-order valence-corrected chi connectivity index (χ0v) is 14.8. The molecule has 6 nitrogen and oxygen atoms in total. The van der Waals surface area contributed by atoms with E-state index in [4.69, 9.17) is 9.47 Å². The van der Waals surface area contributed by atoms with Crippen LogP contribution in [0.15, 0.2) is 36.4 Å². The van der Waals surface area contributed by atoms with Crippen molar-refractivity contribution in [2.45, 2.75) is 31.2 Å². The number of nitrogens with zero attached hydrogens (tertiary/aromatic N) is 1. The van der Waals surface area contributed by atoms with Gasteiger partial charge < -0.3 is 14.8 Å². The van der Waals surface area contributed by atoms with Crippen LogP contribution in [-0.4, -0.2) is 11.7 Å². The summed E-state index contributed by atoms with van der Waals surface area (Å²) < 4.78 is 11.1. The van der Waals surface area contributed by atoms with Crippen LogP contribution < -0.4 is 14.8 Å². The smallest absolute Gasteiger partial charge is 0.269 e. The van der Waals surface area contributed by atoms with Crippen molar-refractivity contribution in [2.75, 3.05) is 12.1 Å². The van der Waals surface area contributed by atoms with Gasteiger partial charge in [-0.1, -0.05) is 6.07 Å². The Hall–Kier alpha value is -2.76. The molecule has 6 rings (SSSR count). The topological polar surface area (TPSA) is 73.6 Å². The van der Waals surface area contributed by atoms with Crippen molar-refractivity contribution in [3.05, 3.63) is 57.6 Å². The Bertz CT molecular complexity index is 959. The van der Waals surface area contributed by atoms with Gasteiger partial charge in [0.05, 0.1) is 11.0 Å². The first kappa shape index (κ1) is 15.3. The van der Waals surface area contributed by atoms with Gasteiger partial charge in [0.25, 0.3) is 5.69 Å². The van der Waals surface area contributed by atoms with E-state index in [1.54, 1.807) is 12.1 Å². The fourth-order valence-corrected chi connectivity index (χ4v) is 6.02. The van der Waals surface area contributed by atoms with Crippen LogP contribution in [0.2, 0.25) is 0 Å². The minimum atomic E-state index is -0.285. The zero-order valence-electron chi connectivity index (χ0n) is 14.8. The Morgan fingerprint density at radius 1 is 1.04 bits per heavy atom. The summed E-state index contributed by atoms with van der Waals surface area (Å²) in [6, 6.07) is 11.7. The predicted molar refractivity (Wildman–Crippen MR) is 99.1 cm³/mol. The van der Waals surface area contributed by atoms with Gasteiger partial charge in [0, 0.05) is 17.8 Å². The van der Waals surface area contributed by atoms with Crippen molar-refractivity contribution in [1.82, 2.24) is 0 Å². The van der Waals surface area contributed by atoms with Crippen molar-refractivity contribution in [3.8, 4) is 11.5 Å². The lowest BCUT2D eigenvalue weighted by atomic mass is 9.68. The van der Waals surface area contributed by atoms with E-state index in [9.17, 15) is 10.1 Å². The zero-order chi connectivity index (χ0) is 18.1. The molecular weight excluding hydrogens is 344 g/mol. The molecule has 2 aliphatic heterocycles. The molecule has 138 valence electrons. The van der Waals surface area contributed by atoms with Crippen LogP contribution in [-0.2, 0) is 0 Å². The van der Waals surface area contributed by atoms with Crippen LogP contribution in [0.4, 0.5) is 11.4 Å². The highest BCUT2D eigenvalue weighted by Gasteiger charge is 2.54. The molecule has 0 saturated heterocycles. The molecule has 2 bridgehead atoms.